The highest BCUT2D eigenvalue weighted by Crippen LogP contribution is 2.25. The van der Waals surface area contributed by atoms with Crippen LogP contribution >= 0.6 is 23.2 Å². The SMILES string of the molecule is CCC(C(=O)NC(C)(C)C)N(Cc1ccc(Cl)cc1Cl)C(=O)CN(c1ccccc1)S(C)(=O)=O. The Kier molecular flexibility index (Phi) is 9.39. The van der Waals surface area contributed by atoms with Gasteiger partial charge in [0.25, 0.3) is 0 Å². The third-order valence-electron chi connectivity index (χ3n) is 4.96. The van der Waals surface area contributed by atoms with E-state index in [1.807, 2.05) is 20.8 Å². The molecule has 1 atom stereocenters. The summed E-state index contributed by atoms with van der Waals surface area (Å²) in [5.74, 6) is -0.866. The van der Waals surface area contributed by atoms with E-state index in [0.717, 1.165) is 10.6 Å². The van der Waals surface area contributed by atoms with Crippen LogP contribution in [0.3, 0.4) is 0 Å². The number of hydrogen-bond acceptors (Lipinski definition) is 4. The Bertz CT molecular complexity index is 1120. The molecule has 1 N–H and O–H groups in total. The first-order valence-electron chi connectivity index (χ1n) is 10.8. The molecule has 186 valence electrons. The van der Waals surface area contributed by atoms with Crippen LogP contribution < -0.4 is 9.62 Å². The highest BCUT2D eigenvalue weighted by atomic mass is 35.5. The summed E-state index contributed by atoms with van der Waals surface area (Å²) in [4.78, 5) is 28.1. The fraction of sp³-hybridized carbons (Fsp3) is 0.417. The maximum absolute atomic E-state index is 13.6. The molecule has 0 aromatic heterocycles. The van der Waals surface area contributed by atoms with Gasteiger partial charge in [0, 0.05) is 22.1 Å². The molecule has 2 aromatic rings. The van der Waals surface area contributed by atoms with Crippen LogP contribution in [-0.2, 0) is 26.2 Å². The Hall–Kier alpha value is -2.29. The summed E-state index contributed by atoms with van der Waals surface area (Å²) >= 11 is 12.4. The van der Waals surface area contributed by atoms with E-state index in [2.05, 4.69) is 5.32 Å². The normalized spacial score (nSPS) is 12.7. The molecule has 0 fully saturated rings. The van der Waals surface area contributed by atoms with Crippen molar-refractivity contribution in [3.63, 3.8) is 0 Å². The van der Waals surface area contributed by atoms with E-state index in [9.17, 15) is 18.0 Å². The van der Waals surface area contributed by atoms with Gasteiger partial charge in [-0.25, -0.2) is 8.42 Å². The van der Waals surface area contributed by atoms with Gasteiger partial charge in [-0.15, -0.1) is 0 Å². The van der Waals surface area contributed by atoms with Crippen molar-refractivity contribution in [2.24, 2.45) is 0 Å². The van der Waals surface area contributed by atoms with E-state index in [-0.39, 0.29) is 12.5 Å². The number of carbonyl (C=O) groups is 2. The number of amides is 2. The first kappa shape index (κ1) is 28.0. The third kappa shape index (κ3) is 7.89. The van der Waals surface area contributed by atoms with Crippen molar-refractivity contribution in [3.05, 3.63) is 64.1 Å². The summed E-state index contributed by atoms with van der Waals surface area (Å²) in [5.41, 5.74) is 0.432. The second kappa shape index (κ2) is 11.4. The number of carbonyl (C=O) groups excluding carboxylic acids is 2. The molecule has 7 nitrogen and oxygen atoms in total. The number of para-hydroxylation sites is 1. The van der Waals surface area contributed by atoms with Crippen LogP contribution in [0.1, 0.15) is 39.7 Å². The van der Waals surface area contributed by atoms with Gasteiger partial charge < -0.3 is 10.2 Å². The van der Waals surface area contributed by atoms with Gasteiger partial charge in [-0.3, -0.25) is 13.9 Å². The summed E-state index contributed by atoms with van der Waals surface area (Å²) in [7, 11) is -3.77. The number of anilines is 1. The number of nitrogens with zero attached hydrogens (tertiary/aromatic N) is 2. The Morgan fingerprint density at radius 2 is 1.68 bits per heavy atom. The molecule has 2 rings (SSSR count). The van der Waals surface area contributed by atoms with Crippen molar-refractivity contribution in [2.45, 2.75) is 52.2 Å². The van der Waals surface area contributed by atoms with E-state index in [1.165, 1.54) is 4.90 Å². The first-order chi connectivity index (χ1) is 15.7. The predicted molar refractivity (Wildman–Crippen MR) is 138 cm³/mol. The van der Waals surface area contributed by atoms with E-state index in [1.54, 1.807) is 55.5 Å². The molecule has 2 amide bonds. The summed E-state index contributed by atoms with van der Waals surface area (Å²) in [6, 6.07) is 12.4. The summed E-state index contributed by atoms with van der Waals surface area (Å²) < 4.78 is 26.1. The van der Waals surface area contributed by atoms with Crippen LogP contribution in [0.5, 0.6) is 0 Å². The molecule has 1 unspecified atom stereocenters. The second-order valence-electron chi connectivity index (χ2n) is 9.03. The molecule has 10 heteroatoms. The minimum Gasteiger partial charge on any atom is -0.350 e. The molecule has 0 saturated heterocycles. The van der Waals surface area contributed by atoms with Crippen LogP contribution in [-0.4, -0.2) is 49.5 Å². The zero-order chi connectivity index (χ0) is 25.7. The Balaban J connectivity index is 2.47. The Morgan fingerprint density at radius 1 is 1.06 bits per heavy atom. The van der Waals surface area contributed by atoms with Crippen LogP contribution in [0.25, 0.3) is 0 Å². The van der Waals surface area contributed by atoms with Crippen molar-refractivity contribution < 1.29 is 18.0 Å². The number of nitrogens with one attached hydrogen (secondary N) is 1. The number of benzene rings is 2. The lowest BCUT2D eigenvalue weighted by Gasteiger charge is -2.34. The number of sulfonamides is 1. The molecular weight excluding hydrogens is 497 g/mol. The highest BCUT2D eigenvalue weighted by molar-refractivity contribution is 7.92. The zero-order valence-corrected chi connectivity index (χ0v) is 22.3. The molecule has 34 heavy (non-hydrogen) atoms. The van der Waals surface area contributed by atoms with Gasteiger partial charge >= 0.3 is 0 Å². The summed E-state index contributed by atoms with van der Waals surface area (Å²) in [5, 5.41) is 3.70. The molecule has 2 aromatic carbocycles. The maximum Gasteiger partial charge on any atom is 0.244 e. The van der Waals surface area contributed by atoms with E-state index >= 15 is 0 Å². The van der Waals surface area contributed by atoms with Gasteiger partial charge in [0.1, 0.15) is 12.6 Å². The van der Waals surface area contributed by atoms with Crippen molar-refractivity contribution in [3.8, 4) is 0 Å². The van der Waals surface area contributed by atoms with Crippen molar-refractivity contribution in [1.82, 2.24) is 10.2 Å². The maximum atomic E-state index is 13.6. The fourth-order valence-corrected chi connectivity index (χ4v) is 4.73. The van der Waals surface area contributed by atoms with Gasteiger partial charge in [-0.2, -0.15) is 0 Å². The minimum atomic E-state index is -3.77. The standard InChI is InChI=1S/C24H31Cl2N3O4S/c1-6-21(23(31)27-24(2,3)4)28(15-17-12-13-18(25)14-20(17)26)22(30)16-29(34(5,32)33)19-10-8-7-9-11-19/h7-14,21H,6,15-16H2,1-5H3,(H,27,31). The molecule has 0 aliphatic heterocycles. The highest BCUT2D eigenvalue weighted by Gasteiger charge is 2.33. The Morgan fingerprint density at radius 3 is 2.18 bits per heavy atom. The molecule has 0 aliphatic carbocycles. The van der Waals surface area contributed by atoms with Gasteiger partial charge in [0.2, 0.25) is 21.8 Å². The van der Waals surface area contributed by atoms with E-state index in [4.69, 9.17) is 23.2 Å². The van der Waals surface area contributed by atoms with Crippen LogP contribution in [0.2, 0.25) is 10.0 Å². The van der Waals surface area contributed by atoms with Crippen LogP contribution in [0, 0.1) is 0 Å². The average molecular weight is 529 g/mol. The molecule has 0 saturated carbocycles. The number of rotatable bonds is 9. The lowest BCUT2D eigenvalue weighted by atomic mass is 10.1. The van der Waals surface area contributed by atoms with Gasteiger partial charge in [-0.1, -0.05) is 54.4 Å². The quantitative estimate of drug-likeness (QED) is 0.520. The molecule has 0 radical (unpaired) electrons. The van der Waals surface area contributed by atoms with Crippen molar-refractivity contribution in [1.29, 1.82) is 0 Å². The van der Waals surface area contributed by atoms with Gasteiger partial charge in [0.05, 0.1) is 11.9 Å². The summed E-state index contributed by atoms with van der Waals surface area (Å²) in [6.07, 6.45) is 1.36. The van der Waals surface area contributed by atoms with Crippen LogP contribution in [0.4, 0.5) is 5.69 Å². The summed E-state index contributed by atoms with van der Waals surface area (Å²) in [6.45, 7) is 6.88. The van der Waals surface area contributed by atoms with E-state index < -0.39 is 34.1 Å². The van der Waals surface area contributed by atoms with Gasteiger partial charge in [0.15, 0.2) is 0 Å². The smallest absolute Gasteiger partial charge is 0.244 e. The topological polar surface area (TPSA) is 86.8 Å². The monoisotopic (exact) mass is 527 g/mol. The molecule has 0 heterocycles. The molecule has 0 aliphatic rings. The first-order valence-corrected chi connectivity index (χ1v) is 13.4. The second-order valence-corrected chi connectivity index (χ2v) is 11.8. The number of hydrogen-bond donors (Lipinski definition) is 1. The Labute approximate surface area is 212 Å². The number of halogens is 2. The fourth-order valence-electron chi connectivity index (χ4n) is 3.41. The average Bonchev–Trinajstić information content (AvgIpc) is 2.71. The molecule has 0 spiro atoms. The lowest BCUT2D eigenvalue weighted by molar-refractivity contribution is -0.141. The third-order valence-corrected chi connectivity index (χ3v) is 6.69. The molecule has 0 bridgehead atoms. The van der Waals surface area contributed by atoms with Crippen molar-refractivity contribution >= 4 is 50.7 Å². The van der Waals surface area contributed by atoms with E-state index in [0.29, 0.717) is 27.7 Å². The van der Waals surface area contributed by atoms with Gasteiger partial charge in [-0.05, 0) is 57.0 Å². The minimum absolute atomic E-state index is 0.0112. The van der Waals surface area contributed by atoms with Crippen LogP contribution in [0.15, 0.2) is 48.5 Å². The molecular formula is C24H31Cl2N3O4S. The predicted octanol–water partition coefficient (Wildman–Crippen LogP) is 4.48. The lowest BCUT2D eigenvalue weighted by Crippen LogP contribution is -2.55. The zero-order valence-electron chi connectivity index (χ0n) is 20.0. The van der Waals surface area contributed by atoms with Crippen molar-refractivity contribution in [2.75, 3.05) is 17.1 Å². The largest absolute Gasteiger partial charge is 0.350 e.